The molecule has 0 aliphatic carbocycles. The molecule has 0 saturated carbocycles. The van der Waals surface area contributed by atoms with Crippen molar-refractivity contribution in [2.75, 3.05) is 17.2 Å². The van der Waals surface area contributed by atoms with Crippen molar-refractivity contribution in [3.63, 3.8) is 0 Å². The molecule has 8 heteroatoms. The first-order valence-electron chi connectivity index (χ1n) is 7.51. The van der Waals surface area contributed by atoms with Gasteiger partial charge in [-0.1, -0.05) is 18.2 Å². The summed E-state index contributed by atoms with van der Waals surface area (Å²) in [6.45, 7) is 0.414. The molecule has 1 heterocycles. The fourth-order valence-electron chi connectivity index (χ4n) is 2.17. The first-order valence-corrected chi connectivity index (χ1v) is 7.51. The van der Waals surface area contributed by atoms with Gasteiger partial charge in [0, 0.05) is 18.3 Å². The van der Waals surface area contributed by atoms with Crippen LogP contribution in [0.3, 0.4) is 0 Å². The highest BCUT2D eigenvalue weighted by atomic mass is 19.2. The van der Waals surface area contributed by atoms with Crippen molar-refractivity contribution in [2.45, 2.75) is 6.42 Å². The van der Waals surface area contributed by atoms with Crippen LogP contribution < -0.4 is 10.6 Å². The topological polar surface area (TPSA) is 62.7 Å². The summed E-state index contributed by atoms with van der Waals surface area (Å²) < 4.78 is 39.7. The smallest absolute Gasteiger partial charge is 0.244 e. The Bertz CT molecular complexity index is 872. The van der Waals surface area contributed by atoms with Gasteiger partial charge in [0.1, 0.15) is 5.82 Å². The van der Waals surface area contributed by atoms with Crippen molar-refractivity contribution in [3.05, 3.63) is 71.7 Å². The molecule has 0 amide bonds. The molecule has 3 rings (SSSR count). The Morgan fingerprint density at radius 2 is 1.76 bits per heavy atom. The van der Waals surface area contributed by atoms with Gasteiger partial charge in [0.2, 0.25) is 5.95 Å². The second kappa shape index (κ2) is 7.61. The van der Waals surface area contributed by atoms with Crippen molar-refractivity contribution in [2.24, 2.45) is 0 Å². The SMILES string of the molecule is Fc1ccc(Nc2cnnc(NCCc3ccccc3F)n2)cc1F. The summed E-state index contributed by atoms with van der Waals surface area (Å²) >= 11 is 0. The van der Waals surface area contributed by atoms with Crippen molar-refractivity contribution >= 4 is 17.5 Å². The molecule has 128 valence electrons. The molecule has 3 aromatic rings. The summed E-state index contributed by atoms with van der Waals surface area (Å²) in [6.07, 6.45) is 1.81. The Labute approximate surface area is 141 Å². The van der Waals surface area contributed by atoms with Gasteiger partial charge in [-0.15, -0.1) is 5.10 Å². The van der Waals surface area contributed by atoms with E-state index in [1.54, 1.807) is 18.2 Å². The second-order valence-electron chi connectivity index (χ2n) is 5.19. The average molecular weight is 345 g/mol. The molecule has 0 fully saturated rings. The minimum absolute atomic E-state index is 0.240. The van der Waals surface area contributed by atoms with Gasteiger partial charge < -0.3 is 10.6 Å². The molecule has 0 spiro atoms. The van der Waals surface area contributed by atoms with Crippen molar-refractivity contribution in [1.29, 1.82) is 0 Å². The summed E-state index contributed by atoms with van der Waals surface area (Å²) in [4.78, 5) is 4.17. The molecule has 0 atom stereocenters. The Hall–Kier alpha value is -3.16. The zero-order chi connectivity index (χ0) is 17.6. The molecule has 5 nitrogen and oxygen atoms in total. The third-order valence-corrected chi connectivity index (χ3v) is 3.39. The molecule has 0 aliphatic heterocycles. The molecular weight excluding hydrogens is 331 g/mol. The van der Waals surface area contributed by atoms with Crippen LogP contribution in [0, 0.1) is 17.5 Å². The van der Waals surface area contributed by atoms with Crippen LogP contribution in [-0.4, -0.2) is 21.7 Å². The van der Waals surface area contributed by atoms with E-state index >= 15 is 0 Å². The van der Waals surface area contributed by atoms with E-state index in [1.165, 1.54) is 18.3 Å². The lowest BCUT2D eigenvalue weighted by atomic mass is 10.1. The van der Waals surface area contributed by atoms with E-state index < -0.39 is 11.6 Å². The zero-order valence-electron chi connectivity index (χ0n) is 13.0. The van der Waals surface area contributed by atoms with E-state index in [9.17, 15) is 13.2 Å². The van der Waals surface area contributed by atoms with Crippen LogP contribution in [0.2, 0.25) is 0 Å². The van der Waals surface area contributed by atoms with Gasteiger partial charge in [-0.05, 0) is 30.2 Å². The Morgan fingerprint density at radius 1 is 0.920 bits per heavy atom. The van der Waals surface area contributed by atoms with Crippen molar-refractivity contribution < 1.29 is 13.2 Å². The van der Waals surface area contributed by atoms with Crippen LogP contribution >= 0.6 is 0 Å². The van der Waals surface area contributed by atoms with Gasteiger partial charge in [0.15, 0.2) is 17.5 Å². The summed E-state index contributed by atoms with van der Waals surface area (Å²) in [5.74, 6) is -1.60. The number of hydrogen-bond acceptors (Lipinski definition) is 5. The number of nitrogens with zero attached hydrogens (tertiary/aromatic N) is 3. The standard InChI is InChI=1S/C17H14F3N5/c18-13-4-2-1-3-11(13)7-8-21-17-24-16(10-22-25-17)23-12-5-6-14(19)15(20)9-12/h1-6,9-10H,7-8H2,(H2,21,23,24,25). The van der Waals surface area contributed by atoms with Gasteiger partial charge in [0.25, 0.3) is 0 Å². The van der Waals surface area contributed by atoms with Crippen LogP contribution in [0.15, 0.2) is 48.7 Å². The number of anilines is 3. The Balaban J connectivity index is 1.61. The van der Waals surface area contributed by atoms with Gasteiger partial charge in [-0.25, -0.2) is 13.2 Å². The van der Waals surface area contributed by atoms with E-state index in [4.69, 9.17) is 0 Å². The van der Waals surface area contributed by atoms with E-state index in [0.717, 1.165) is 12.1 Å². The minimum atomic E-state index is -0.963. The van der Waals surface area contributed by atoms with Crippen molar-refractivity contribution in [3.8, 4) is 0 Å². The lowest BCUT2D eigenvalue weighted by molar-refractivity contribution is 0.509. The number of rotatable bonds is 6. The molecule has 2 aromatic carbocycles. The van der Waals surface area contributed by atoms with Crippen LogP contribution in [-0.2, 0) is 6.42 Å². The van der Waals surface area contributed by atoms with E-state index in [-0.39, 0.29) is 11.8 Å². The normalized spacial score (nSPS) is 10.5. The van der Waals surface area contributed by atoms with Gasteiger partial charge in [-0.2, -0.15) is 10.1 Å². The third-order valence-electron chi connectivity index (χ3n) is 3.39. The summed E-state index contributed by atoms with van der Waals surface area (Å²) in [7, 11) is 0. The molecule has 0 unspecified atom stereocenters. The lowest BCUT2D eigenvalue weighted by Crippen LogP contribution is -2.10. The summed E-state index contributed by atoms with van der Waals surface area (Å²) in [5.41, 5.74) is 0.913. The monoisotopic (exact) mass is 345 g/mol. The molecule has 0 bridgehead atoms. The first kappa shape index (κ1) is 16.7. The van der Waals surface area contributed by atoms with Gasteiger partial charge >= 0.3 is 0 Å². The number of aromatic nitrogens is 3. The third kappa shape index (κ3) is 4.43. The van der Waals surface area contributed by atoms with Crippen LogP contribution in [0.25, 0.3) is 0 Å². The maximum atomic E-state index is 13.5. The highest BCUT2D eigenvalue weighted by molar-refractivity contribution is 5.56. The molecule has 1 aromatic heterocycles. The minimum Gasteiger partial charge on any atom is -0.353 e. The highest BCUT2D eigenvalue weighted by Gasteiger charge is 2.06. The first-order chi connectivity index (χ1) is 12.1. The zero-order valence-corrected chi connectivity index (χ0v) is 13.0. The lowest BCUT2D eigenvalue weighted by Gasteiger charge is -2.08. The maximum absolute atomic E-state index is 13.5. The number of nitrogens with one attached hydrogen (secondary N) is 2. The van der Waals surface area contributed by atoms with Gasteiger partial charge in [0.05, 0.1) is 6.20 Å². The molecule has 0 aliphatic rings. The van der Waals surface area contributed by atoms with E-state index in [1.807, 2.05) is 0 Å². The molecular formula is C17H14F3N5. The van der Waals surface area contributed by atoms with Crippen LogP contribution in [0.1, 0.15) is 5.56 Å². The largest absolute Gasteiger partial charge is 0.353 e. The summed E-state index contributed by atoms with van der Waals surface area (Å²) in [5, 5.41) is 13.4. The number of hydrogen-bond donors (Lipinski definition) is 2. The van der Waals surface area contributed by atoms with Crippen molar-refractivity contribution in [1.82, 2.24) is 15.2 Å². The number of halogens is 3. The molecule has 25 heavy (non-hydrogen) atoms. The summed E-state index contributed by atoms with van der Waals surface area (Å²) in [6, 6.07) is 9.92. The van der Waals surface area contributed by atoms with Gasteiger partial charge in [-0.3, -0.25) is 0 Å². The van der Waals surface area contributed by atoms with E-state index in [0.29, 0.717) is 30.0 Å². The predicted molar refractivity (Wildman–Crippen MR) is 88.1 cm³/mol. The average Bonchev–Trinajstić information content (AvgIpc) is 2.60. The fourth-order valence-corrected chi connectivity index (χ4v) is 2.17. The quantitative estimate of drug-likeness (QED) is 0.713. The Morgan fingerprint density at radius 3 is 2.56 bits per heavy atom. The molecule has 0 saturated heterocycles. The predicted octanol–water partition coefficient (Wildman–Crippen LogP) is 3.69. The van der Waals surface area contributed by atoms with E-state index in [2.05, 4.69) is 25.8 Å². The molecule has 0 radical (unpaired) electrons. The second-order valence-corrected chi connectivity index (χ2v) is 5.19. The Kier molecular flexibility index (Phi) is 5.08. The molecule has 2 N–H and O–H groups in total. The fraction of sp³-hybridized carbons (Fsp3) is 0.118. The van der Waals surface area contributed by atoms with Crippen LogP contribution in [0.4, 0.5) is 30.6 Å². The number of benzene rings is 2. The highest BCUT2D eigenvalue weighted by Crippen LogP contribution is 2.17. The maximum Gasteiger partial charge on any atom is 0.244 e. The van der Waals surface area contributed by atoms with Crippen LogP contribution in [0.5, 0.6) is 0 Å².